The van der Waals surface area contributed by atoms with Crippen molar-refractivity contribution in [2.24, 2.45) is 17.3 Å². The zero-order chi connectivity index (χ0) is 14.4. The average molecular weight is 261 g/mol. The second-order valence-corrected chi connectivity index (χ2v) is 5.90. The standard InChI is InChI=1S/C15H19NO3/c1-8-5-6-10(7-9(8)2)16-13(17)11-12(14(18)19)15(11,3)4/h5-7,11-12H,1-4H3,(H,16,17)(H,18,19). The molecule has 2 N–H and O–H groups in total. The average Bonchev–Trinajstić information content (AvgIpc) is 2.87. The summed E-state index contributed by atoms with van der Waals surface area (Å²) < 4.78 is 0. The Morgan fingerprint density at radius 2 is 1.79 bits per heavy atom. The van der Waals surface area contributed by atoms with Crippen LogP contribution in [-0.2, 0) is 9.59 Å². The predicted octanol–water partition coefficient (Wildman–Crippen LogP) is 2.60. The summed E-state index contributed by atoms with van der Waals surface area (Å²) >= 11 is 0. The van der Waals surface area contributed by atoms with Gasteiger partial charge in [-0.1, -0.05) is 19.9 Å². The number of carbonyl (C=O) groups is 2. The summed E-state index contributed by atoms with van der Waals surface area (Å²) in [5.74, 6) is -2.14. The first-order chi connectivity index (χ1) is 8.75. The van der Waals surface area contributed by atoms with Gasteiger partial charge in [0.1, 0.15) is 0 Å². The van der Waals surface area contributed by atoms with Crippen LogP contribution in [0.25, 0.3) is 0 Å². The maximum absolute atomic E-state index is 12.1. The molecule has 0 radical (unpaired) electrons. The fourth-order valence-electron chi connectivity index (χ4n) is 2.63. The first kappa shape index (κ1) is 13.6. The Balaban J connectivity index is 2.10. The van der Waals surface area contributed by atoms with Crippen LogP contribution in [0.1, 0.15) is 25.0 Å². The van der Waals surface area contributed by atoms with Crippen molar-refractivity contribution in [2.75, 3.05) is 5.32 Å². The van der Waals surface area contributed by atoms with Crippen LogP contribution in [0.4, 0.5) is 5.69 Å². The highest BCUT2D eigenvalue weighted by Gasteiger charge is 2.65. The molecule has 0 saturated heterocycles. The van der Waals surface area contributed by atoms with Gasteiger partial charge in [-0.2, -0.15) is 0 Å². The largest absolute Gasteiger partial charge is 0.481 e. The predicted molar refractivity (Wildman–Crippen MR) is 72.9 cm³/mol. The molecule has 0 bridgehead atoms. The lowest BCUT2D eigenvalue weighted by atomic mass is 10.1. The van der Waals surface area contributed by atoms with Crippen molar-refractivity contribution in [3.63, 3.8) is 0 Å². The zero-order valence-corrected chi connectivity index (χ0v) is 11.7. The number of carboxylic acids is 1. The van der Waals surface area contributed by atoms with E-state index in [1.54, 1.807) is 0 Å². The third-order valence-corrected chi connectivity index (χ3v) is 4.15. The van der Waals surface area contributed by atoms with Gasteiger partial charge in [0, 0.05) is 5.69 Å². The van der Waals surface area contributed by atoms with E-state index in [9.17, 15) is 9.59 Å². The monoisotopic (exact) mass is 261 g/mol. The molecule has 19 heavy (non-hydrogen) atoms. The van der Waals surface area contributed by atoms with Gasteiger partial charge < -0.3 is 10.4 Å². The minimum absolute atomic E-state index is 0.208. The molecular weight excluding hydrogens is 242 g/mol. The molecule has 2 unspecified atom stereocenters. The minimum atomic E-state index is -0.898. The van der Waals surface area contributed by atoms with Gasteiger partial charge in [-0.05, 0) is 42.5 Å². The lowest BCUT2D eigenvalue weighted by Gasteiger charge is -2.08. The van der Waals surface area contributed by atoms with Crippen molar-refractivity contribution < 1.29 is 14.7 Å². The van der Waals surface area contributed by atoms with E-state index in [2.05, 4.69) is 5.32 Å². The maximum atomic E-state index is 12.1. The van der Waals surface area contributed by atoms with E-state index in [1.165, 1.54) is 0 Å². The first-order valence-electron chi connectivity index (χ1n) is 6.36. The van der Waals surface area contributed by atoms with Crippen molar-refractivity contribution in [1.29, 1.82) is 0 Å². The molecule has 0 spiro atoms. The fraction of sp³-hybridized carbons (Fsp3) is 0.467. The quantitative estimate of drug-likeness (QED) is 0.879. The van der Waals surface area contributed by atoms with Crippen molar-refractivity contribution in [3.05, 3.63) is 29.3 Å². The van der Waals surface area contributed by atoms with E-state index in [0.717, 1.165) is 16.8 Å². The van der Waals surface area contributed by atoms with E-state index in [0.29, 0.717) is 0 Å². The highest BCUT2D eigenvalue weighted by atomic mass is 16.4. The Hall–Kier alpha value is -1.84. The van der Waals surface area contributed by atoms with Gasteiger partial charge in [0.15, 0.2) is 0 Å². The highest BCUT2D eigenvalue weighted by Crippen LogP contribution is 2.58. The zero-order valence-electron chi connectivity index (χ0n) is 11.7. The van der Waals surface area contributed by atoms with Crippen molar-refractivity contribution in [2.45, 2.75) is 27.7 Å². The number of carbonyl (C=O) groups excluding carboxylic acids is 1. The SMILES string of the molecule is Cc1ccc(NC(=O)C2C(C(=O)O)C2(C)C)cc1C. The van der Waals surface area contributed by atoms with Gasteiger partial charge in [0.25, 0.3) is 0 Å². The van der Waals surface area contributed by atoms with Crippen LogP contribution < -0.4 is 5.32 Å². The minimum Gasteiger partial charge on any atom is -0.481 e. The van der Waals surface area contributed by atoms with E-state index in [1.807, 2.05) is 45.9 Å². The topological polar surface area (TPSA) is 66.4 Å². The molecule has 1 fully saturated rings. The van der Waals surface area contributed by atoms with Gasteiger partial charge in [-0.25, -0.2) is 0 Å². The molecule has 1 amide bonds. The summed E-state index contributed by atoms with van der Waals surface area (Å²) in [5.41, 5.74) is 2.52. The van der Waals surface area contributed by atoms with Crippen molar-refractivity contribution >= 4 is 17.6 Å². The van der Waals surface area contributed by atoms with E-state index in [-0.39, 0.29) is 5.91 Å². The number of nitrogens with one attached hydrogen (secondary N) is 1. The molecule has 2 atom stereocenters. The second-order valence-electron chi connectivity index (χ2n) is 5.90. The Kier molecular flexibility index (Phi) is 3.12. The van der Waals surface area contributed by atoms with Crippen LogP contribution in [-0.4, -0.2) is 17.0 Å². The van der Waals surface area contributed by atoms with Crippen molar-refractivity contribution in [3.8, 4) is 0 Å². The molecule has 2 rings (SSSR count). The van der Waals surface area contributed by atoms with E-state index >= 15 is 0 Å². The molecule has 102 valence electrons. The van der Waals surface area contributed by atoms with Gasteiger partial charge in [0.2, 0.25) is 5.91 Å². The van der Waals surface area contributed by atoms with Gasteiger partial charge >= 0.3 is 5.97 Å². The summed E-state index contributed by atoms with van der Waals surface area (Å²) in [7, 11) is 0. The Morgan fingerprint density at radius 1 is 1.16 bits per heavy atom. The maximum Gasteiger partial charge on any atom is 0.307 e. The Bertz CT molecular complexity index is 548. The van der Waals surface area contributed by atoms with Gasteiger partial charge in [-0.3, -0.25) is 9.59 Å². The van der Waals surface area contributed by atoms with Crippen LogP contribution in [0.2, 0.25) is 0 Å². The molecule has 4 heteroatoms. The molecule has 1 aliphatic carbocycles. The molecule has 0 aromatic heterocycles. The highest BCUT2D eigenvalue weighted by molar-refractivity contribution is 5.99. The van der Waals surface area contributed by atoms with Crippen LogP contribution in [0, 0.1) is 31.1 Å². The Labute approximate surface area is 112 Å². The summed E-state index contributed by atoms with van der Waals surface area (Å²) in [4.78, 5) is 23.2. The number of hydrogen-bond acceptors (Lipinski definition) is 2. The fourth-order valence-corrected chi connectivity index (χ4v) is 2.63. The molecule has 1 saturated carbocycles. The molecule has 1 aromatic carbocycles. The number of aliphatic carboxylic acids is 1. The number of aryl methyl sites for hydroxylation is 2. The summed E-state index contributed by atoms with van der Waals surface area (Å²) in [6.07, 6.45) is 0. The van der Waals surface area contributed by atoms with Crippen LogP contribution >= 0.6 is 0 Å². The van der Waals surface area contributed by atoms with Crippen LogP contribution in [0.5, 0.6) is 0 Å². The smallest absolute Gasteiger partial charge is 0.307 e. The van der Waals surface area contributed by atoms with Crippen molar-refractivity contribution in [1.82, 2.24) is 0 Å². The lowest BCUT2D eigenvalue weighted by molar-refractivity contribution is -0.140. The number of carboxylic acid groups (broad SMARTS) is 1. The molecular formula is C15H19NO3. The molecule has 4 nitrogen and oxygen atoms in total. The number of rotatable bonds is 3. The van der Waals surface area contributed by atoms with Crippen LogP contribution in [0.15, 0.2) is 18.2 Å². The van der Waals surface area contributed by atoms with Gasteiger partial charge in [-0.15, -0.1) is 0 Å². The third kappa shape index (κ3) is 2.35. The summed E-state index contributed by atoms with van der Waals surface area (Å²) in [5, 5.41) is 11.9. The first-order valence-corrected chi connectivity index (χ1v) is 6.36. The number of benzene rings is 1. The van der Waals surface area contributed by atoms with E-state index < -0.39 is 23.2 Å². The number of amides is 1. The van der Waals surface area contributed by atoms with Crippen LogP contribution in [0.3, 0.4) is 0 Å². The summed E-state index contributed by atoms with van der Waals surface area (Å²) in [6.45, 7) is 7.62. The van der Waals surface area contributed by atoms with Gasteiger partial charge in [0.05, 0.1) is 11.8 Å². The molecule has 1 aromatic rings. The number of hydrogen-bond donors (Lipinski definition) is 2. The molecule has 1 aliphatic rings. The normalized spacial score (nSPS) is 23.8. The number of anilines is 1. The third-order valence-electron chi connectivity index (χ3n) is 4.15. The molecule has 0 heterocycles. The summed E-state index contributed by atoms with van der Waals surface area (Å²) in [6, 6.07) is 5.68. The Morgan fingerprint density at radius 3 is 2.26 bits per heavy atom. The lowest BCUT2D eigenvalue weighted by Crippen LogP contribution is -2.17. The molecule has 0 aliphatic heterocycles. The second kappa shape index (κ2) is 4.37. The van der Waals surface area contributed by atoms with E-state index in [4.69, 9.17) is 5.11 Å².